The minimum absolute atomic E-state index is 0.103. The van der Waals surface area contributed by atoms with Gasteiger partial charge in [0.1, 0.15) is 0 Å². The number of rotatable bonds is 12. The van der Waals surface area contributed by atoms with Crippen molar-refractivity contribution in [3.63, 3.8) is 0 Å². The summed E-state index contributed by atoms with van der Waals surface area (Å²) in [6, 6.07) is -0.357. The molecule has 6 heteroatoms. The molecule has 0 aromatic carbocycles. The molecule has 0 aromatic rings. The van der Waals surface area contributed by atoms with Gasteiger partial charge in [0.25, 0.3) is 0 Å². The summed E-state index contributed by atoms with van der Waals surface area (Å²) in [5, 5.41) is 15.6. The van der Waals surface area contributed by atoms with E-state index < -0.39 is 6.10 Å². The first-order valence-corrected chi connectivity index (χ1v) is 7.66. The SMILES string of the molecule is COCCNC(=O)C(C)NCC(O)COC(C)CC(C)C. The van der Waals surface area contributed by atoms with Gasteiger partial charge in [0.15, 0.2) is 0 Å². The van der Waals surface area contributed by atoms with E-state index in [9.17, 15) is 9.90 Å². The third-order valence-electron chi connectivity index (χ3n) is 3.03. The van der Waals surface area contributed by atoms with Crippen LogP contribution in [0.2, 0.25) is 0 Å². The summed E-state index contributed by atoms with van der Waals surface area (Å²) < 4.78 is 10.4. The van der Waals surface area contributed by atoms with Gasteiger partial charge in [0.2, 0.25) is 5.91 Å². The van der Waals surface area contributed by atoms with Crippen LogP contribution in [0.3, 0.4) is 0 Å². The van der Waals surface area contributed by atoms with E-state index in [0.29, 0.717) is 25.6 Å². The molecular formula is C15H32N2O4. The van der Waals surface area contributed by atoms with Crippen molar-refractivity contribution in [2.24, 2.45) is 5.92 Å². The number of amides is 1. The zero-order valence-corrected chi connectivity index (χ0v) is 14.0. The van der Waals surface area contributed by atoms with Gasteiger partial charge in [-0.25, -0.2) is 0 Å². The Hall–Kier alpha value is -0.690. The maximum atomic E-state index is 11.7. The number of aliphatic hydroxyl groups excluding tert-OH is 1. The number of ether oxygens (including phenoxy) is 2. The summed E-state index contributed by atoms with van der Waals surface area (Å²) in [6.45, 7) is 9.63. The van der Waals surface area contributed by atoms with Gasteiger partial charge in [0.05, 0.1) is 31.5 Å². The van der Waals surface area contributed by atoms with Gasteiger partial charge in [-0.15, -0.1) is 0 Å². The zero-order chi connectivity index (χ0) is 16.3. The molecule has 0 rings (SSSR count). The molecule has 126 valence electrons. The van der Waals surface area contributed by atoms with Crippen LogP contribution in [-0.4, -0.2) is 62.7 Å². The molecule has 0 saturated carbocycles. The van der Waals surface area contributed by atoms with Crippen LogP contribution < -0.4 is 10.6 Å². The monoisotopic (exact) mass is 304 g/mol. The standard InChI is InChI=1S/C15H32N2O4/c1-11(2)8-12(3)21-10-14(18)9-17-13(4)15(19)16-6-7-20-5/h11-14,17-18H,6-10H2,1-5H3,(H,16,19). The Morgan fingerprint density at radius 3 is 2.48 bits per heavy atom. The van der Waals surface area contributed by atoms with E-state index in [0.717, 1.165) is 6.42 Å². The highest BCUT2D eigenvalue weighted by Crippen LogP contribution is 2.07. The Morgan fingerprint density at radius 1 is 1.24 bits per heavy atom. The highest BCUT2D eigenvalue weighted by Gasteiger charge is 2.14. The van der Waals surface area contributed by atoms with Crippen molar-refractivity contribution in [2.45, 2.75) is 52.4 Å². The number of hydrogen-bond acceptors (Lipinski definition) is 5. The van der Waals surface area contributed by atoms with Crippen molar-refractivity contribution in [1.29, 1.82) is 0 Å². The van der Waals surface area contributed by atoms with Gasteiger partial charge < -0.3 is 25.2 Å². The third-order valence-corrected chi connectivity index (χ3v) is 3.03. The van der Waals surface area contributed by atoms with Gasteiger partial charge in [0, 0.05) is 20.2 Å². The van der Waals surface area contributed by atoms with Crippen LogP contribution in [0.1, 0.15) is 34.1 Å². The molecule has 0 radical (unpaired) electrons. The molecule has 0 heterocycles. The number of carbonyl (C=O) groups excluding carboxylic acids is 1. The Kier molecular flexibility index (Phi) is 11.5. The molecule has 6 nitrogen and oxygen atoms in total. The van der Waals surface area contributed by atoms with Gasteiger partial charge in [-0.2, -0.15) is 0 Å². The van der Waals surface area contributed by atoms with E-state index >= 15 is 0 Å². The van der Waals surface area contributed by atoms with Crippen LogP contribution in [0, 0.1) is 5.92 Å². The van der Waals surface area contributed by atoms with Crippen molar-refractivity contribution in [2.75, 3.05) is 33.4 Å². The second-order valence-electron chi connectivity index (χ2n) is 5.84. The Labute approximate surface area is 128 Å². The molecule has 0 aliphatic rings. The minimum Gasteiger partial charge on any atom is -0.389 e. The minimum atomic E-state index is -0.617. The lowest BCUT2D eigenvalue weighted by molar-refractivity contribution is -0.123. The highest BCUT2D eigenvalue weighted by molar-refractivity contribution is 5.81. The van der Waals surface area contributed by atoms with Crippen LogP contribution in [0.15, 0.2) is 0 Å². The van der Waals surface area contributed by atoms with Gasteiger partial charge in [-0.3, -0.25) is 4.79 Å². The fourth-order valence-electron chi connectivity index (χ4n) is 1.90. The molecule has 0 fully saturated rings. The van der Waals surface area contributed by atoms with Crippen LogP contribution in [-0.2, 0) is 14.3 Å². The van der Waals surface area contributed by atoms with Crippen molar-refractivity contribution < 1.29 is 19.4 Å². The fraction of sp³-hybridized carbons (Fsp3) is 0.933. The molecule has 0 aromatic heterocycles. The molecule has 0 saturated heterocycles. The molecule has 0 aliphatic heterocycles. The first-order chi connectivity index (χ1) is 9.86. The summed E-state index contributed by atoms with van der Waals surface area (Å²) in [5.74, 6) is 0.472. The first kappa shape index (κ1) is 20.3. The molecule has 0 aliphatic carbocycles. The van der Waals surface area contributed by atoms with Crippen molar-refractivity contribution in [3.8, 4) is 0 Å². The maximum absolute atomic E-state index is 11.7. The van der Waals surface area contributed by atoms with Crippen LogP contribution in [0.25, 0.3) is 0 Å². The average Bonchev–Trinajstić information content (AvgIpc) is 2.41. The topological polar surface area (TPSA) is 79.8 Å². The highest BCUT2D eigenvalue weighted by atomic mass is 16.5. The number of aliphatic hydroxyl groups is 1. The third kappa shape index (κ3) is 11.6. The Bertz CT molecular complexity index is 274. The van der Waals surface area contributed by atoms with E-state index in [-0.39, 0.29) is 24.7 Å². The van der Waals surface area contributed by atoms with Crippen molar-refractivity contribution in [1.82, 2.24) is 10.6 Å². The number of carbonyl (C=O) groups is 1. The summed E-state index contributed by atoms with van der Waals surface area (Å²) in [4.78, 5) is 11.7. The van der Waals surface area contributed by atoms with E-state index in [2.05, 4.69) is 24.5 Å². The lowest BCUT2D eigenvalue weighted by atomic mass is 10.1. The molecule has 21 heavy (non-hydrogen) atoms. The van der Waals surface area contributed by atoms with E-state index in [1.165, 1.54) is 0 Å². The molecule has 0 bridgehead atoms. The fourth-order valence-corrected chi connectivity index (χ4v) is 1.90. The van der Waals surface area contributed by atoms with E-state index in [1.54, 1.807) is 14.0 Å². The van der Waals surface area contributed by atoms with E-state index in [4.69, 9.17) is 9.47 Å². The first-order valence-electron chi connectivity index (χ1n) is 7.66. The second kappa shape index (κ2) is 11.9. The second-order valence-corrected chi connectivity index (χ2v) is 5.84. The maximum Gasteiger partial charge on any atom is 0.236 e. The number of hydrogen-bond donors (Lipinski definition) is 3. The number of nitrogens with one attached hydrogen (secondary N) is 2. The molecule has 3 atom stereocenters. The largest absolute Gasteiger partial charge is 0.389 e. The number of methoxy groups -OCH3 is 1. The molecule has 0 spiro atoms. The van der Waals surface area contributed by atoms with Crippen LogP contribution in [0.4, 0.5) is 0 Å². The van der Waals surface area contributed by atoms with Gasteiger partial charge >= 0.3 is 0 Å². The summed E-state index contributed by atoms with van der Waals surface area (Å²) in [6.07, 6.45) is 0.488. The van der Waals surface area contributed by atoms with Crippen molar-refractivity contribution >= 4 is 5.91 Å². The van der Waals surface area contributed by atoms with Crippen molar-refractivity contribution in [3.05, 3.63) is 0 Å². The van der Waals surface area contributed by atoms with E-state index in [1.807, 2.05) is 6.92 Å². The predicted octanol–water partition coefficient (Wildman–Crippen LogP) is 0.539. The Balaban J connectivity index is 3.76. The normalized spacial score (nSPS) is 15.8. The summed E-state index contributed by atoms with van der Waals surface area (Å²) in [5.41, 5.74) is 0. The van der Waals surface area contributed by atoms with Gasteiger partial charge in [-0.1, -0.05) is 13.8 Å². The Morgan fingerprint density at radius 2 is 1.90 bits per heavy atom. The zero-order valence-electron chi connectivity index (χ0n) is 14.0. The van der Waals surface area contributed by atoms with Crippen LogP contribution >= 0.6 is 0 Å². The predicted molar refractivity (Wildman–Crippen MR) is 83.2 cm³/mol. The van der Waals surface area contributed by atoms with Crippen LogP contribution in [0.5, 0.6) is 0 Å². The molecule has 3 N–H and O–H groups in total. The summed E-state index contributed by atoms with van der Waals surface area (Å²) in [7, 11) is 1.59. The van der Waals surface area contributed by atoms with Gasteiger partial charge in [-0.05, 0) is 26.2 Å². The average molecular weight is 304 g/mol. The lowest BCUT2D eigenvalue weighted by Gasteiger charge is -2.20. The lowest BCUT2D eigenvalue weighted by Crippen LogP contribution is -2.46. The smallest absolute Gasteiger partial charge is 0.236 e. The quantitative estimate of drug-likeness (QED) is 0.459. The molecule has 3 unspecified atom stereocenters. The molecular weight excluding hydrogens is 272 g/mol. The molecule has 1 amide bonds. The summed E-state index contributed by atoms with van der Waals surface area (Å²) >= 11 is 0.